The topological polar surface area (TPSA) is 12.0 Å². The predicted octanol–water partition coefficient (Wildman–Crippen LogP) is 6.44. The van der Waals surface area contributed by atoms with E-state index in [0.29, 0.717) is 0 Å². The average molecular weight is 290 g/mol. The van der Waals surface area contributed by atoms with Crippen LogP contribution in [0.25, 0.3) is 0 Å². The molecule has 0 fully saturated rings. The van der Waals surface area contributed by atoms with E-state index in [9.17, 15) is 0 Å². The zero-order valence-electron chi connectivity index (χ0n) is 14.5. The van der Waals surface area contributed by atoms with E-state index in [1.54, 1.807) is 0 Å². The maximum absolute atomic E-state index is 3.52. The Bertz CT molecular complexity index is 339. The maximum Gasteiger partial charge on any atom is 0.0340 e. The lowest BCUT2D eigenvalue weighted by Gasteiger charge is -2.08. The van der Waals surface area contributed by atoms with Crippen molar-refractivity contribution in [2.75, 3.05) is 11.9 Å². The molecule has 1 rings (SSSR count). The molecule has 0 bridgehead atoms. The summed E-state index contributed by atoms with van der Waals surface area (Å²) in [5.41, 5.74) is 2.76. The summed E-state index contributed by atoms with van der Waals surface area (Å²) < 4.78 is 0. The van der Waals surface area contributed by atoms with Crippen molar-refractivity contribution in [2.24, 2.45) is 5.92 Å². The van der Waals surface area contributed by atoms with Gasteiger partial charge in [0.05, 0.1) is 0 Å². The van der Waals surface area contributed by atoms with Gasteiger partial charge in [-0.15, -0.1) is 0 Å². The fraction of sp³-hybridized carbons (Fsp3) is 0.700. The highest BCUT2D eigenvalue weighted by Gasteiger charge is 1.97. The Balaban J connectivity index is 2.12. The molecule has 0 saturated heterocycles. The van der Waals surface area contributed by atoms with Crippen molar-refractivity contribution in [3.05, 3.63) is 29.8 Å². The lowest BCUT2D eigenvalue weighted by Crippen LogP contribution is -2.01. The van der Waals surface area contributed by atoms with Crippen LogP contribution in [0.15, 0.2) is 24.3 Å². The first kappa shape index (κ1) is 18.1. The highest BCUT2D eigenvalue weighted by Crippen LogP contribution is 2.14. The highest BCUT2D eigenvalue weighted by molar-refractivity contribution is 5.44. The number of hydrogen-bond acceptors (Lipinski definition) is 1. The van der Waals surface area contributed by atoms with Gasteiger partial charge in [-0.1, -0.05) is 71.4 Å². The summed E-state index contributed by atoms with van der Waals surface area (Å²) in [6, 6.07) is 9.06. The molecule has 0 unspecified atom stereocenters. The molecule has 120 valence electrons. The number of unbranched alkanes of at least 4 members (excludes halogenated alkanes) is 5. The SMILES string of the molecule is CCCCCCNc1ccc(CCCCCC(C)C)cc1. The van der Waals surface area contributed by atoms with E-state index in [2.05, 4.69) is 50.4 Å². The molecule has 0 amide bonds. The third-order valence-electron chi connectivity index (χ3n) is 4.06. The van der Waals surface area contributed by atoms with E-state index in [0.717, 1.165) is 12.5 Å². The van der Waals surface area contributed by atoms with Crippen LogP contribution in [0.1, 0.15) is 77.7 Å². The molecule has 1 aromatic rings. The first-order chi connectivity index (χ1) is 10.2. The second-order valence-electron chi connectivity index (χ2n) is 6.68. The smallest absolute Gasteiger partial charge is 0.0340 e. The summed E-state index contributed by atoms with van der Waals surface area (Å²) in [7, 11) is 0. The van der Waals surface area contributed by atoms with Gasteiger partial charge in [0.25, 0.3) is 0 Å². The van der Waals surface area contributed by atoms with Gasteiger partial charge in [0.15, 0.2) is 0 Å². The molecule has 0 spiro atoms. The third-order valence-corrected chi connectivity index (χ3v) is 4.06. The summed E-state index contributed by atoms with van der Waals surface area (Å²) in [6.07, 6.45) is 12.0. The van der Waals surface area contributed by atoms with Crippen molar-refractivity contribution in [2.45, 2.75) is 78.6 Å². The minimum atomic E-state index is 0.854. The molecule has 0 aliphatic carbocycles. The van der Waals surface area contributed by atoms with Gasteiger partial charge in [-0.25, -0.2) is 0 Å². The number of nitrogens with one attached hydrogen (secondary N) is 1. The molecule has 0 aromatic heterocycles. The number of benzene rings is 1. The molecule has 0 aliphatic rings. The zero-order valence-corrected chi connectivity index (χ0v) is 14.5. The van der Waals surface area contributed by atoms with Crippen LogP contribution in [0.3, 0.4) is 0 Å². The molecular formula is C20H35N. The van der Waals surface area contributed by atoms with E-state index in [1.165, 1.54) is 69.0 Å². The number of rotatable bonds is 12. The normalized spacial score (nSPS) is 11.0. The van der Waals surface area contributed by atoms with Crippen LogP contribution in [0.2, 0.25) is 0 Å². The zero-order chi connectivity index (χ0) is 15.3. The quantitative estimate of drug-likeness (QED) is 0.437. The van der Waals surface area contributed by atoms with Crippen LogP contribution >= 0.6 is 0 Å². The largest absolute Gasteiger partial charge is 0.385 e. The Morgan fingerprint density at radius 3 is 2.24 bits per heavy atom. The Morgan fingerprint density at radius 1 is 0.857 bits per heavy atom. The summed E-state index contributed by atoms with van der Waals surface area (Å²) in [4.78, 5) is 0. The van der Waals surface area contributed by atoms with Crippen molar-refractivity contribution >= 4 is 5.69 Å². The lowest BCUT2D eigenvalue weighted by atomic mass is 10.0. The predicted molar refractivity (Wildman–Crippen MR) is 96.1 cm³/mol. The fourth-order valence-electron chi connectivity index (χ4n) is 2.63. The van der Waals surface area contributed by atoms with E-state index in [-0.39, 0.29) is 0 Å². The summed E-state index contributed by atoms with van der Waals surface area (Å²) in [5, 5.41) is 3.52. The summed E-state index contributed by atoms with van der Waals surface area (Å²) >= 11 is 0. The van der Waals surface area contributed by atoms with Gasteiger partial charge in [-0.3, -0.25) is 0 Å². The van der Waals surface area contributed by atoms with Crippen molar-refractivity contribution in [1.82, 2.24) is 0 Å². The Kier molecular flexibility index (Phi) is 10.0. The van der Waals surface area contributed by atoms with Gasteiger partial charge in [0, 0.05) is 12.2 Å². The Labute approximate surface area is 132 Å². The monoisotopic (exact) mass is 289 g/mol. The van der Waals surface area contributed by atoms with E-state index in [1.807, 2.05) is 0 Å². The molecule has 0 heterocycles. The minimum Gasteiger partial charge on any atom is -0.385 e. The van der Waals surface area contributed by atoms with Gasteiger partial charge in [0.2, 0.25) is 0 Å². The van der Waals surface area contributed by atoms with Crippen LogP contribution in [0.4, 0.5) is 5.69 Å². The summed E-state index contributed by atoms with van der Waals surface area (Å²) in [6.45, 7) is 7.99. The van der Waals surface area contributed by atoms with E-state index in [4.69, 9.17) is 0 Å². The number of anilines is 1. The van der Waals surface area contributed by atoms with Crippen LogP contribution in [0, 0.1) is 5.92 Å². The Morgan fingerprint density at radius 2 is 1.57 bits per heavy atom. The van der Waals surface area contributed by atoms with Crippen molar-refractivity contribution < 1.29 is 0 Å². The molecular weight excluding hydrogens is 254 g/mol. The molecule has 1 aromatic carbocycles. The number of hydrogen-bond donors (Lipinski definition) is 1. The van der Waals surface area contributed by atoms with Crippen LogP contribution < -0.4 is 5.32 Å². The molecule has 0 atom stereocenters. The van der Waals surface area contributed by atoms with Crippen molar-refractivity contribution in [3.63, 3.8) is 0 Å². The highest BCUT2D eigenvalue weighted by atomic mass is 14.9. The average Bonchev–Trinajstić information content (AvgIpc) is 2.48. The number of aryl methyl sites for hydroxylation is 1. The minimum absolute atomic E-state index is 0.854. The first-order valence-corrected chi connectivity index (χ1v) is 9.05. The Hall–Kier alpha value is -0.980. The van der Waals surface area contributed by atoms with Crippen LogP contribution in [0.5, 0.6) is 0 Å². The van der Waals surface area contributed by atoms with Gasteiger partial charge in [-0.05, 0) is 42.9 Å². The van der Waals surface area contributed by atoms with Crippen LogP contribution in [-0.2, 0) is 6.42 Å². The van der Waals surface area contributed by atoms with E-state index < -0.39 is 0 Å². The van der Waals surface area contributed by atoms with Gasteiger partial charge >= 0.3 is 0 Å². The summed E-state index contributed by atoms with van der Waals surface area (Å²) in [5.74, 6) is 0.854. The van der Waals surface area contributed by atoms with Crippen molar-refractivity contribution in [3.8, 4) is 0 Å². The molecule has 1 N–H and O–H groups in total. The van der Waals surface area contributed by atoms with Gasteiger partial charge in [0.1, 0.15) is 0 Å². The first-order valence-electron chi connectivity index (χ1n) is 9.05. The molecule has 1 nitrogen and oxygen atoms in total. The second kappa shape index (κ2) is 11.7. The lowest BCUT2D eigenvalue weighted by molar-refractivity contribution is 0.527. The molecule has 0 saturated carbocycles. The fourth-order valence-corrected chi connectivity index (χ4v) is 2.63. The molecule has 1 heteroatoms. The maximum atomic E-state index is 3.52. The second-order valence-corrected chi connectivity index (χ2v) is 6.68. The molecule has 0 aliphatic heterocycles. The van der Waals surface area contributed by atoms with Gasteiger partial charge in [-0.2, -0.15) is 0 Å². The molecule has 0 radical (unpaired) electrons. The van der Waals surface area contributed by atoms with Gasteiger partial charge < -0.3 is 5.32 Å². The van der Waals surface area contributed by atoms with Crippen molar-refractivity contribution in [1.29, 1.82) is 0 Å². The standard InChI is InChI=1S/C20H35N/c1-4-5-6-10-17-21-20-15-13-19(14-16-20)12-9-7-8-11-18(2)3/h13-16,18,21H,4-12,17H2,1-3H3. The van der Waals surface area contributed by atoms with Crippen LogP contribution in [-0.4, -0.2) is 6.54 Å². The third kappa shape index (κ3) is 9.55. The van der Waals surface area contributed by atoms with E-state index >= 15 is 0 Å². The molecule has 21 heavy (non-hydrogen) atoms.